The minimum absolute atomic E-state index is 0.304. The smallest absolute Gasteiger partial charge is 0.114 e. The molecule has 4 nitrogen and oxygen atoms in total. The van der Waals surface area contributed by atoms with Crippen LogP contribution in [0.15, 0.2) is 0 Å². The van der Waals surface area contributed by atoms with Gasteiger partial charge in [-0.15, -0.1) is 0 Å². The van der Waals surface area contributed by atoms with Crippen LogP contribution in [0, 0.1) is 11.3 Å². The first-order chi connectivity index (χ1) is 6.57. The van der Waals surface area contributed by atoms with Crippen molar-refractivity contribution in [2.24, 2.45) is 5.73 Å². The molecule has 0 amide bonds. The topological polar surface area (TPSA) is 62.3 Å². The van der Waals surface area contributed by atoms with E-state index in [0.717, 1.165) is 26.1 Å². The maximum Gasteiger partial charge on any atom is 0.114 e. The summed E-state index contributed by atoms with van der Waals surface area (Å²) in [7, 11) is 0. The SMILES string of the molecule is CCC1CN(CC(C)(N)C#N)CCO1. The summed E-state index contributed by atoms with van der Waals surface area (Å²) >= 11 is 0. The molecule has 1 heterocycles. The third-order valence-electron chi connectivity index (χ3n) is 2.49. The van der Waals surface area contributed by atoms with Crippen LogP contribution in [0.4, 0.5) is 0 Å². The summed E-state index contributed by atoms with van der Waals surface area (Å²) in [6.07, 6.45) is 1.32. The maximum absolute atomic E-state index is 8.81. The number of hydrogen-bond donors (Lipinski definition) is 1. The molecule has 1 aliphatic heterocycles. The van der Waals surface area contributed by atoms with Gasteiger partial charge in [0.05, 0.1) is 18.8 Å². The molecule has 14 heavy (non-hydrogen) atoms. The van der Waals surface area contributed by atoms with E-state index in [1.54, 1.807) is 6.92 Å². The van der Waals surface area contributed by atoms with Crippen LogP contribution in [0.1, 0.15) is 20.3 Å². The number of morpholine rings is 1. The first-order valence-electron chi connectivity index (χ1n) is 5.11. The fourth-order valence-corrected chi connectivity index (χ4v) is 1.67. The fourth-order valence-electron chi connectivity index (χ4n) is 1.67. The third kappa shape index (κ3) is 3.26. The Hall–Kier alpha value is -0.630. The van der Waals surface area contributed by atoms with E-state index < -0.39 is 5.54 Å². The quantitative estimate of drug-likeness (QED) is 0.708. The lowest BCUT2D eigenvalue weighted by molar-refractivity contribution is -0.0328. The van der Waals surface area contributed by atoms with E-state index in [0.29, 0.717) is 12.6 Å². The van der Waals surface area contributed by atoms with Gasteiger partial charge < -0.3 is 10.5 Å². The Morgan fingerprint density at radius 2 is 2.43 bits per heavy atom. The van der Waals surface area contributed by atoms with Crippen molar-refractivity contribution in [2.75, 3.05) is 26.2 Å². The lowest BCUT2D eigenvalue weighted by Gasteiger charge is -2.35. The normalized spacial score (nSPS) is 28.0. The highest BCUT2D eigenvalue weighted by Gasteiger charge is 2.26. The molecule has 80 valence electrons. The molecule has 1 aliphatic rings. The monoisotopic (exact) mass is 197 g/mol. The summed E-state index contributed by atoms with van der Waals surface area (Å²) in [5.74, 6) is 0. The third-order valence-corrected chi connectivity index (χ3v) is 2.49. The Bertz CT molecular complexity index is 222. The first-order valence-corrected chi connectivity index (χ1v) is 5.11. The van der Waals surface area contributed by atoms with Gasteiger partial charge in [-0.25, -0.2) is 0 Å². The highest BCUT2D eigenvalue weighted by Crippen LogP contribution is 2.10. The Kier molecular flexibility index (Phi) is 3.87. The van der Waals surface area contributed by atoms with Crippen LogP contribution in [-0.2, 0) is 4.74 Å². The van der Waals surface area contributed by atoms with Crippen molar-refractivity contribution in [3.8, 4) is 6.07 Å². The maximum atomic E-state index is 8.81. The van der Waals surface area contributed by atoms with Gasteiger partial charge in [0.1, 0.15) is 5.54 Å². The molecule has 0 bridgehead atoms. The summed E-state index contributed by atoms with van der Waals surface area (Å²) in [6.45, 7) is 7.03. The zero-order valence-electron chi connectivity index (χ0n) is 8.99. The molecule has 1 fully saturated rings. The van der Waals surface area contributed by atoms with E-state index in [-0.39, 0.29) is 0 Å². The average Bonchev–Trinajstić information content (AvgIpc) is 2.17. The summed E-state index contributed by atoms with van der Waals surface area (Å²) in [5.41, 5.74) is 5.05. The summed E-state index contributed by atoms with van der Waals surface area (Å²) in [4.78, 5) is 2.21. The summed E-state index contributed by atoms with van der Waals surface area (Å²) in [6, 6.07) is 2.12. The van der Waals surface area contributed by atoms with Crippen molar-refractivity contribution in [3.63, 3.8) is 0 Å². The van der Waals surface area contributed by atoms with Crippen molar-refractivity contribution in [2.45, 2.75) is 31.9 Å². The van der Waals surface area contributed by atoms with Gasteiger partial charge >= 0.3 is 0 Å². The van der Waals surface area contributed by atoms with Crippen LogP contribution in [0.5, 0.6) is 0 Å². The molecule has 4 heteroatoms. The molecule has 0 saturated carbocycles. The van der Waals surface area contributed by atoms with Crippen LogP contribution >= 0.6 is 0 Å². The second kappa shape index (κ2) is 4.74. The van der Waals surface area contributed by atoms with E-state index in [2.05, 4.69) is 17.9 Å². The van der Waals surface area contributed by atoms with Crippen molar-refractivity contribution >= 4 is 0 Å². The number of nitrogens with two attached hydrogens (primary N) is 1. The van der Waals surface area contributed by atoms with Crippen molar-refractivity contribution < 1.29 is 4.74 Å². The molecular formula is C10H19N3O. The van der Waals surface area contributed by atoms with Gasteiger partial charge in [0.15, 0.2) is 0 Å². The van der Waals surface area contributed by atoms with Crippen LogP contribution in [0.25, 0.3) is 0 Å². The Labute approximate surface area is 85.6 Å². The van der Waals surface area contributed by atoms with Crippen molar-refractivity contribution in [3.05, 3.63) is 0 Å². The van der Waals surface area contributed by atoms with Crippen LogP contribution < -0.4 is 5.73 Å². The van der Waals surface area contributed by atoms with Gasteiger partial charge in [0, 0.05) is 19.6 Å². The van der Waals surface area contributed by atoms with E-state index in [1.807, 2.05) is 0 Å². The molecule has 0 aromatic carbocycles. The van der Waals surface area contributed by atoms with E-state index in [4.69, 9.17) is 15.7 Å². The zero-order valence-corrected chi connectivity index (χ0v) is 8.99. The van der Waals surface area contributed by atoms with Gasteiger partial charge in [-0.2, -0.15) is 5.26 Å². The van der Waals surface area contributed by atoms with Crippen LogP contribution in [-0.4, -0.2) is 42.8 Å². The van der Waals surface area contributed by atoms with Crippen LogP contribution in [0.2, 0.25) is 0 Å². The molecule has 0 aliphatic carbocycles. The fraction of sp³-hybridized carbons (Fsp3) is 0.900. The van der Waals surface area contributed by atoms with Gasteiger partial charge in [0.2, 0.25) is 0 Å². The second-order valence-electron chi connectivity index (χ2n) is 4.17. The second-order valence-corrected chi connectivity index (χ2v) is 4.17. The molecule has 0 aromatic rings. The van der Waals surface area contributed by atoms with E-state index >= 15 is 0 Å². The zero-order chi connectivity index (χ0) is 10.6. The van der Waals surface area contributed by atoms with E-state index in [1.165, 1.54) is 0 Å². The minimum atomic E-state index is -0.740. The predicted molar refractivity (Wildman–Crippen MR) is 54.7 cm³/mol. The lowest BCUT2D eigenvalue weighted by atomic mass is 10.1. The lowest BCUT2D eigenvalue weighted by Crippen LogP contribution is -2.52. The number of hydrogen-bond acceptors (Lipinski definition) is 4. The standard InChI is InChI=1S/C10H19N3O/c1-3-9-6-13(4-5-14-9)8-10(2,12)7-11/h9H,3-6,8,12H2,1-2H3. The highest BCUT2D eigenvalue weighted by atomic mass is 16.5. The first kappa shape index (κ1) is 11.4. The number of nitrogens with zero attached hydrogens (tertiary/aromatic N) is 2. The predicted octanol–water partition coefficient (Wildman–Crippen LogP) is 0.338. The average molecular weight is 197 g/mol. The molecule has 2 unspecified atom stereocenters. The van der Waals surface area contributed by atoms with Crippen molar-refractivity contribution in [1.29, 1.82) is 5.26 Å². The van der Waals surface area contributed by atoms with Gasteiger partial charge in [-0.3, -0.25) is 4.90 Å². The van der Waals surface area contributed by atoms with E-state index in [9.17, 15) is 0 Å². The summed E-state index contributed by atoms with van der Waals surface area (Å²) in [5, 5.41) is 8.81. The molecule has 1 saturated heterocycles. The van der Waals surface area contributed by atoms with Gasteiger partial charge in [-0.05, 0) is 13.3 Å². The molecular weight excluding hydrogens is 178 g/mol. The largest absolute Gasteiger partial charge is 0.376 e. The molecule has 0 aromatic heterocycles. The van der Waals surface area contributed by atoms with Crippen LogP contribution in [0.3, 0.4) is 0 Å². The van der Waals surface area contributed by atoms with Gasteiger partial charge in [0.25, 0.3) is 0 Å². The Balaban J connectivity index is 2.42. The minimum Gasteiger partial charge on any atom is -0.376 e. The van der Waals surface area contributed by atoms with Crippen molar-refractivity contribution in [1.82, 2.24) is 4.90 Å². The van der Waals surface area contributed by atoms with Gasteiger partial charge in [-0.1, -0.05) is 6.92 Å². The Morgan fingerprint density at radius 3 is 3.00 bits per heavy atom. The molecule has 0 spiro atoms. The number of ether oxygens (including phenoxy) is 1. The number of rotatable bonds is 3. The molecule has 0 radical (unpaired) electrons. The Morgan fingerprint density at radius 1 is 1.71 bits per heavy atom. The highest BCUT2D eigenvalue weighted by molar-refractivity contribution is 5.03. The molecule has 1 rings (SSSR count). The molecule has 2 atom stereocenters. The summed E-state index contributed by atoms with van der Waals surface area (Å²) < 4.78 is 5.54. The molecule has 2 N–H and O–H groups in total. The number of nitriles is 1.